The van der Waals surface area contributed by atoms with Crippen LogP contribution >= 0.6 is 11.3 Å². The quantitative estimate of drug-likeness (QED) is 0.450. The normalized spacial score (nSPS) is 14.9. The van der Waals surface area contributed by atoms with Gasteiger partial charge in [-0.05, 0) is 49.2 Å². The number of hydrogen-bond acceptors (Lipinski definition) is 4. The Bertz CT molecular complexity index is 1270. The van der Waals surface area contributed by atoms with Crippen molar-refractivity contribution in [1.29, 1.82) is 0 Å². The van der Waals surface area contributed by atoms with Crippen LogP contribution in [-0.4, -0.2) is 51.7 Å². The standard InChI is InChI=1S/C25H25FN4OS/c1-17-5-3-4-6-22(17)30-25-21(18(2)27-30)15-23(32-25)24(31)29-13-11-28(12-14-29)16-19-7-9-20(26)10-8-19/h3-10,15H,11-14,16H2,1-2H3. The highest BCUT2D eigenvalue weighted by Gasteiger charge is 2.25. The fourth-order valence-corrected chi connectivity index (χ4v) is 5.37. The summed E-state index contributed by atoms with van der Waals surface area (Å²) in [6.07, 6.45) is 0. The summed E-state index contributed by atoms with van der Waals surface area (Å²) in [5, 5.41) is 5.76. The molecule has 0 saturated carbocycles. The fraction of sp³-hybridized carbons (Fsp3) is 0.280. The number of halogens is 1. The first-order chi connectivity index (χ1) is 15.5. The van der Waals surface area contributed by atoms with Crippen LogP contribution in [0.5, 0.6) is 0 Å². The van der Waals surface area contributed by atoms with Crippen LogP contribution in [0.2, 0.25) is 0 Å². The van der Waals surface area contributed by atoms with E-state index < -0.39 is 0 Å². The number of para-hydroxylation sites is 1. The molecular formula is C25H25FN4OS. The van der Waals surface area contributed by atoms with E-state index in [9.17, 15) is 9.18 Å². The van der Waals surface area contributed by atoms with Crippen molar-refractivity contribution in [1.82, 2.24) is 19.6 Å². The minimum absolute atomic E-state index is 0.0864. The molecule has 0 N–H and O–H groups in total. The maximum Gasteiger partial charge on any atom is 0.264 e. The molecule has 1 aliphatic rings. The van der Waals surface area contributed by atoms with Gasteiger partial charge in [-0.25, -0.2) is 9.07 Å². The molecule has 0 bridgehead atoms. The minimum Gasteiger partial charge on any atom is -0.335 e. The Morgan fingerprint density at radius 1 is 1.03 bits per heavy atom. The molecule has 0 atom stereocenters. The number of nitrogens with zero attached hydrogens (tertiary/aromatic N) is 4. The van der Waals surface area contributed by atoms with Gasteiger partial charge in [-0.2, -0.15) is 5.10 Å². The first kappa shape index (κ1) is 20.8. The van der Waals surface area contributed by atoms with Gasteiger partial charge in [0.15, 0.2) is 0 Å². The second kappa shape index (κ2) is 8.48. The van der Waals surface area contributed by atoms with E-state index in [0.29, 0.717) is 13.1 Å². The highest BCUT2D eigenvalue weighted by atomic mass is 32.1. The topological polar surface area (TPSA) is 41.4 Å². The average molecular weight is 449 g/mol. The van der Waals surface area contributed by atoms with Gasteiger partial charge in [0.1, 0.15) is 10.6 Å². The number of aryl methyl sites for hydroxylation is 2. The van der Waals surface area contributed by atoms with E-state index in [1.54, 1.807) is 0 Å². The van der Waals surface area contributed by atoms with E-state index >= 15 is 0 Å². The second-order valence-corrected chi connectivity index (χ2v) is 9.34. The lowest BCUT2D eigenvalue weighted by atomic mass is 10.2. The zero-order valence-corrected chi connectivity index (χ0v) is 19.0. The van der Waals surface area contributed by atoms with Crippen molar-refractivity contribution in [2.24, 2.45) is 0 Å². The van der Waals surface area contributed by atoms with Crippen LogP contribution in [0, 0.1) is 19.7 Å². The molecule has 5 rings (SSSR count). The predicted molar refractivity (Wildman–Crippen MR) is 126 cm³/mol. The Morgan fingerprint density at radius 2 is 1.75 bits per heavy atom. The van der Waals surface area contributed by atoms with E-state index in [-0.39, 0.29) is 11.7 Å². The average Bonchev–Trinajstić information content (AvgIpc) is 3.36. The smallest absolute Gasteiger partial charge is 0.264 e. The Balaban J connectivity index is 1.31. The number of carbonyl (C=O) groups is 1. The molecule has 2 aromatic heterocycles. The van der Waals surface area contributed by atoms with E-state index in [1.807, 2.05) is 46.8 Å². The van der Waals surface area contributed by atoms with Crippen LogP contribution in [0.4, 0.5) is 4.39 Å². The molecule has 0 aliphatic carbocycles. The first-order valence-corrected chi connectivity index (χ1v) is 11.6. The van der Waals surface area contributed by atoms with Gasteiger partial charge in [-0.1, -0.05) is 30.3 Å². The molecule has 4 aromatic rings. The number of rotatable bonds is 4. The Kier molecular flexibility index (Phi) is 5.53. The molecule has 3 heterocycles. The molecule has 0 unspecified atom stereocenters. The van der Waals surface area contributed by atoms with Gasteiger partial charge in [-0.15, -0.1) is 11.3 Å². The molecule has 0 spiro atoms. The summed E-state index contributed by atoms with van der Waals surface area (Å²) in [5.41, 5.74) is 4.21. The number of piperazine rings is 1. The van der Waals surface area contributed by atoms with Gasteiger partial charge in [0.25, 0.3) is 5.91 Å². The van der Waals surface area contributed by atoms with Gasteiger partial charge in [-0.3, -0.25) is 9.69 Å². The molecule has 0 radical (unpaired) electrons. The van der Waals surface area contributed by atoms with E-state index in [2.05, 4.69) is 24.0 Å². The number of fused-ring (bicyclic) bond motifs is 1. The molecule has 5 nitrogen and oxygen atoms in total. The summed E-state index contributed by atoms with van der Waals surface area (Å²) < 4.78 is 15.1. The molecule has 1 saturated heterocycles. The van der Waals surface area contributed by atoms with Gasteiger partial charge in [0.2, 0.25) is 0 Å². The Labute approximate surface area is 190 Å². The first-order valence-electron chi connectivity index (χ1n) is 10.8. The van der Waals surface area contributed by atoms with Crippen molar-refractivity contribution in [3.8, 4) is 5.69 Å². The largest absolute Gasteiger partial charge is 0.335 e. The van der Waals surface area contributed by atoms with Gasteiger partial charge in [0, 0.05) is 38.1 Å². The molecule has 1 amide bonds. The van der Waals surface area contributed by atoms with Crippen LogP contribution < -0.4 is 0 Å². The third kappa shape index (κ3) is 3.94. The van der Waals surface area contributed by atoms with E-state index in [0.717, 1.165) is 57.2 Å². The van der Waals surface area contributed by atoms with E-state index in [4.69, 9.17) is 5.10 Å². The highest BCUT2D eigenvalue weighted by Crippen LogP contribution is 2.32. The highest BCUT2D eigenvalue weighted by molar-refractivity contribution is 7.20. The third-order valence-electron chi connectivity index (χ3n) is 6.08. The fourth-order valence-electron chi connectivity index (χ4n) is 4.23. The maximum absolute atomic E-state index is 13.2. The second-order valence-electron chi connectivity index (χ2n) is 8.31. The molecule has 164 valence electrons. The van der Waals surface area contributed by atoms with Crippen molar-refractivity contribution in [3.05, 3.63) is 82.1 Å². The van der Waals surface area contributed by atoms with Crippen LogP contribution in [0.3, 0.4) is 0 Å². The molecule has 1 aliphatic heterocycles. The lowest BCUT2D eigenvalue weighted by molar-refractivity contribution is 0.0633. The molecule has 7 heteroatoms. The number of benzene rings is 2. The number of aromatic nitrogens is 2. The third-order valence-corrected chi connectivity index (χ3v) is 7.18. The summed E-state index contributed by atoms with van der Waals surface area (Å²) >= 11 is 1.51. The SMILES string of the molecule is Cc1ccccc1-n1nc(C)c2cc(C(=O)N3CCN(Cc4ccc(F)cc4)CC3)sc21. The number of amides is 1. The number of carbonyl (C=O) groups excluding carboxylic acids is 1. The molecule has 32 heavy (non-hydrogen) atoms. The van der Waals surface area contributed by atoms with Crippen molar-refractivity contribution < 1.29 is 9.18 Å². The van der Waals surface area contributed by atoms with Gasteiger partial charge in [0.05, 0.1) is 16.3 Å². The van der Waals surface area contributed by atoms with Crippen LogP contribution in [0.25, 0.3) is 15.9 Å². The van der Waals surface area contributed by atoms with E-state index in [1.165, 1.54) is 23.5 Å². The van der Waals surface area contributed by atoms with Crippen LogP contribution in [0.15, 0.2) is 54.6 Å². The van der Waals surface area contributed by atoms with Crippen LogP contribution in [0.1, 0.15) is 26.5 Å². The Hall–Kier alpha value is -3.03. The summed E-state index contributed by atoms with van der Waals surface area (Å²) in [5.74, 6) is -0.128. The number of hydrogen-bond donors (Lipinski definition) is 0. The predicted octanol–water partition coefficient (Wildman–Crippen LogP) is 4.80. The summed E-state index contributed by atoms with van der Waals surface area (Å²) in [7, 11) is 0. The minimum atomic E-state index is -0.215. The summed E-state index contributed by atoms with van der Waals surface area (Å²) in [4.78, 5) is 19.3. The maximum atomic E-state index is 13.2. The molecule has 2 aromatic carbocycles. The van der Waals surface area contributed by atoms with Crippen molar-refractivity contribution in [2.45, 2.75) is 20.4 Å². The zero-order valence-electron chi connectivity index (χ0n) is 18.2. The van der Waals surface area contributed by atoms with Crippen LogP contribution in [-0.2, 0) is 6.54 Å². The van der Waals surface area contributed by atoms with Gasteiger partial charge >= 0.3 is 0 Å². The summed E-state index contributed by atoms with van der Waals surface area (Å²) in [6.45, 7) is 7.84. The van der Waals surface area contributed by atoms with Crippen molar-refractivity contribution in [2.75, 3.05) is 26.2 Å². The monoisotopic (exact) mass is 448 g/mol. The Morgan fingerprint density at radius 3 is 2.47 bits per heavy atom. The zero-order chi connectivity index (χ0) is 22.2. The lowest BCUT2D eigenvalue weighted by Crippen LogP contribution is -2.48. The van der Waals surface area contributed by atoms with Crippen molar-refractivity contribution >= 4 is 27.5 Å². The summed E-state index contributed by atoms with van der Waals surface area (Å²) in [6, 6.07) is 16.8. The lowest BCUT2D eigenvalue weighted by Gasteiger charge is -2.34. The molecule has 1 fully saturated rings. The molecular weight excluding hydrogens is 423 g/mol. The number of thiophene rings is 1. The van der Waals surface area contributed by atoms with Crippen molar-refractivity contribution in [3.63, 3.8) is 0 Å². The van der Waals surface area contributed by atoms with Gasteiger partial charge < -0.3 is 4.90 Å².